The first-order chi connectivity index (χ1) is 12.1. The van der Waals surface area contributed by atoms with Crippen LogP contribution in [0, 0.1) is 6.92 Å². The van der Waals surface area contributed by atoms with E-state index in [9.17, 15) is 4.79 Å². The minimum Gasteiger partial charge on any atom is -0.444 e. The van der Waals surface area contributed by atoms with Crippen LogP contribution in [0.5, 0.6) is 0 Å². The van der Waals surface area contributed by atoms with Crippen molar-refractivity contribution < 1.29 is 13.9 Å². The highest BCUT2D eigenvalue weighted by Gasteiger charge is 2.32. The molecule has 0 spiro atoms. The third kappa shape index (κ3) is 3.78. The van der Waals surface area contributed by atoms with Crippen molar-refractivity contribution in [3.63, 3.8) is 0 Å². The molecule has 2 heterocycles. The van der Waals surface area contributed by atoms with Crippen molar-refractivity contribution in [3.8, 4) is 0 Å². The second-order valence-electron chi connectivity index (χ2n) is 7.61. The molecule has 3 rings (SSSR count). The van der Waals surface area contributed by atoms with E-state index in [4.69, 9.17) is 20.8 Å². The Morgan fingerprint density at radius 3 is 2.73 bits per heavy atom. The number of anilines is 1. The van der Waals surface area contributed by atoms with Crippen molar-refractivity contribution in [2.45, 2.75) is 46.3 Å². The van der Waals surface area contributed by atoms with Crippen molar-refractivity contribution in [2.24, 2.45) is 0 Å². The molecular formula is C18H23BrClN3O3. The summed E-state index contributed by atoms with van der Waals surface area (Å²) in [6.07, 6.45) is -0.285. The molecule has 6 nitrogen and oxygen atoms in total. The Hall–Kier alpha value is -1.47. The summed E-state index contributed by atoms with van der Waals surface area (Å²) < 4.78 is 12.2. The Morgan fingerprint density at radius 2 is 2.12 bits per heavy atom. The number of halogens is 2. The summed E-state index contributed by atoms with van der Waals surface area (Å²) in [7, 11) is 0. The highest BCUT2D eigenvalue weighted by atomic mass is 79.9. The van der Waals surface area contributed by atoms with Crippen LogP contribution >= 0.6 is 27.5 Å². The van der Waals surface area contributed by atoms with E-state index in [0.717, 1.165) is 15.6 Å². The van der Waals surface area contributed by atoms with Crippen molar-refractivity contribution in [1.29, 1.82) is 0 Å². The Bertz CT molecular complexity index is 846. The van der Waals surface area contributed by atoms with Crippen LogP contribution in [0.1, 0.15) is 33.3 Å². The minimum atomic E-state index is -0.499. The number of nitrogens with zero attached hydrogens (tertiary/aromatic N) is 3. The lowest BCUT2D eigenvalue weighted by molar-refractivity contribution is 0.0216. The smallest absolute Gasteiger partial charge is 0.410 e. The number of benzene rings is 1. The Kier molecular flexibility index (Phi) is 5.14. The molecule has 1 unspecified atom stereocenters. The van der Waals surface area contributed by atoms with Gasteiger partial charge in [0, 0.05) is 30.7 Å². The number of carbonyl (C=O) groups excluding carboxylic acids is 1. The van der Waals surface area contributed by atoms with Crippen LogP contribution in [-0.2, 0) is 4.74 Å². The summed E-state index contributed by atoms with van der Waals surface area (Å²) in [6, 6.07) is 2.42. The maximum absolute atomic E-state index is 12.3. The summed E-state index contributed by atoms with van der Waals surface area (Å²) in [5, 5.41) is 0.645. The standard InChI is InChI=1S/C18H23BrClN3O3/c1-10-9-22(17(24)26-18(3,4)5)6-7-23(10)16-21-14-11(2)13(20)8-12(19)15(14)25-16/h8,10H,6-7,9H2,1-5H3. The zero-order chi connectivity index (χ0) is 19.2. The Morgan fingerprint density at radius 1 is 1.42 bits per heavy atom. The second kappa shape index (κ2) is 6.93. The number of carbonyl (C=O) groups is 1. The molecule has 1 amide bonds. The van der Waals surface area contributed by atoms with Gasteiger partial charge in [-0.3, -0.25) is 0 Å². The number of amides is 1. The van der Waals surface area contributed by atoms with E-state index in [2.05, 4.69) is 25.8 Å². The summed E-state index contributed by atoms with van der Waals surface area (Å²) in [5.41, 5.74) is 1.82. The molecule has 0 saturated carbocycles. The average molecular weight is 445 g/mol. The first kappa shape index (κ1) is 19.3. The fourth-order valence-electron chi connectivity index (χ4n) is 2.98. The van der Waals surface area contributed by atoms with Gasteiger partial charge in [-0.05, 0) is 62.2 Å². The largest absolute Gasteiger partial charge is 0.444 e. The van der Waals surface area contributed by atoms with Gasteiger partial charge in [0.05, 0.1) is 4.47 Å². The van der Waals surface area contributed by atoms with Gasteiger partial charge in [-0.15, -0.1) is 0 Å². The normalized spacial score (nSPS) is 18.5. The molecule has 1 fully saturated rings. The molecule has 0 aliphatic carbocycles. The number of hydrogen-bond acceptors (Lipinski definition) is 5. The van der Waals surface area contributed by atoms with E-state index in [0.29, 0.717) is 36.3 Å². The topological polar surface area (TPSA) is 58.8 Å². The van der Waals surface area contributed by atoms with Gasteiger partial charge in [0.25, 0.3) is 6.01 Å². The highest BCUT2D eigenvalue weighted by Crippen LogP contribution is 2.35. The van der Waals surface area contributed by atoms with Crippen LogP contribution in [0.3, 0.4) is 0 Å². The lowest BCUT2D eigenvalue weighted by Crippen LogP contribution is -2.54. The van der Waals surface area contributed by atoms with E-state index in [1.807, 2.05) is 40.7 Å². The molecule has 1 aromatic heterocycles. The third-order valence-corrected chi connectivity index (χ3v) is 5.31. The molecule has 2 aromatic rings. The number of fused-ring (bicyclic) bond motifs is 1. The Labute approximate surface area is 166 Å². The van der Waals surface area contributed by atoms with Crippen LogP contribution in [0.2, 0.25) is 5.02 Å². The lowest BCUT2D eigenvalue weighted by atomic mass is 10.2. The molecule has 0 N–H and O–H groups in total. The molecule has 1 atom stereocenters. The number of oxazole rings is 1. The number of rotatable bonds is 1. The van der Waals surface area contributed by atoms with E-state index in [-0.39, 0.29) is 12.1 Å². The highest BCUT2D eigenvalue weighted by molar-refractivity contribution is 9.10. The second-order valence-corrected chi connectivity index (χ2v) is 8.87. The number of aryl methyl sites for hydroxylation is 1. The molecular weight excluding hydrogens is 422 g/mol. The molecule has 0 bridgehead atoms. The summed E-state index contributed by atoms with van der Waals surface area (Å²) >= 11 is 9.72. The first-order valence-electron chi connectivity index (χ1n) is 8.56. The maximum Gasteiger partial charge on any atom is 0.410 e. The van der Waals surface area contributed by atoms with Gasteiger partial charge in [0.15, 0.2) is 5.58 Å². The third-order valence-electron chi connectivity index (χ3n) is 4.32. The molecule has 1 aliphatic rings. The zero-order valence-electron chi connectivity index (χ0n) is 15.6. The molecule has 142 valence electrons. The van der Waals surface area contributed by atoms with Gasteiger partial charge in [0.1, 0.15) is 11.1 Å². The van der Waals surface area contributed by atoms with E-state index >= 15 is 0 Å². The quantitative estimate of drug-likeness (QED) is 0.619. The van der Waals surface area contributed by atoms with Gasteiger partial charge in [-0.25, -0.2) is 4.79 Å². The van der Waals surface area contributed by atoms with Gasteiger partial charge >= 0.3 is 6.09 Å². The van der Waals surface area contributed by atoms with Crippen LogP contribution in [0.4, 0.5) is 10.8 Å². The molecule has 0 radical (unpaired) electrons. The zero-order valence-corrected chi connectivity index (χ0v) is 17.9. The number of piperazine rings is 1. The fraction of sp³-hybridized carbons (Fsp3) is 0.556. The lowest BCUT2D eigenvalue weighted by Gasteiger charge is -2.39. The molecule has 8 heteroatoms. The van der Waals surface area contributed by atoms with Crippen molar-refractivity contribution in [2.75, 3.05) is 24.5 Å². The first-order valence-corrected chi connectivity index (χ1v) is 9.73. The molecule has 1 aromatic carbocycles. The van der Waals surface area contributed by atoms with Gasteiger partial charge in [-0.2, -0.15) is 4.98 Å². The van der Waals surface area contributed by atoms with E-state index < -0.39 is 5.60 Å². The number of ether oxygens (including phenoxy) is 1. The molecule has 26 heavy (non-hydrogen) atoms. The maximum atomic E-state index is 12.3. The summed E-state index contributed by atoms with van der Waals surface area (Å²) in [6.45, 7) is 11.3. The minimum absolute atomic E-state index is 0.0545. The predicted molar refractivity (Wildman–Crippen MR) is 106 cm³/mol. The van der Waals surface area contributed by atoms with Gasteiger partial charge in [0.2, 0.25) is 0 Å². The molecule has 1 saturated heterocycles. The summed E-state index contributed by atoms with van der Waals surface area (Å²) in [4.78, 5) is 20.7. The van der Waals surface area contributed by atoms with Gasteiger partial charge < -0.3 is 19.0 Å². The molecule has 1 aliphatic heterocycles. The van der Waals surface area contributed by atoms with Crippen LogP contribution in [0.25, 0.3) is 11.1 Å². The summed E-state index contributed by atoms with van der Waals surface area (Å²) in [5.74, 6) is 0. The van der Waals surface area contributed by atoms with Crippen molar-refractivity contribution >= 4 is 50.7 Å². The van der Waals surface area contributed by atoms with Gasteiger partial charge in [-0.1, -0.05) is 11.6 Å². The SMILES string of the molecule is Cc1c(Cl)cc(Br)c2oc(N3CCN(C(=O)OC(C)(C)C)CC3C)nc12. The fourth-order valence-corrected chi connectivity index (χ4v) is 3.81. The Balaban J connectivity index is 1.80. The van der Waals surface area contributed by atoms with Crippen LogP contribution in [0.15, 0.2) is 15.0 Å². The average Bonchev–Trinajstić information content (AvgIpc) is 2.96. The number of hydrogen-bond donors (Lipinski definition) is 0. The predicted octanol–water partition coefficient (Wildman–Crippen LogP) is 5.00. The van der Waals surface area contributed by atoms with Crippen molar-refractivity contribution in [3.05, 3.63) is 21.1 Å². The van der Waals surface area contributed by atoms with Crippen LogP contribution in [-0.4, -0.2) is 47.3 Å². The van der Waals surface area contributed by atoms with E-state index in [1.165, 1.54) is 0 Å². The number of aromatic nitrogens is 1. The van der Waals surface area contributed by atoms with Crippen molar-refractivity contribution in [1.82, 2.24) is 9.88 Å². The van der Waals surface area contributed by atoms with E-state index in [1.54, 1.807) is 4.90 Å². The monoisotopic (exact) mass is 443 g/mol. The van der Waals surface area contributed by atoms with Crippen LogP contribution < -0.4 is 4.90 Å².